The Labute approximate surface area is 265 Å². The first-order valence-corrected chi connectivity index (χ1v) is 15.4. The number of pyridine rings is 4. The van der Waals surface area contributed by atoms with Gasteiger partial charge in [0.1, 0.15) is 0 Å². The predicted octanol–water partition coefficient (Wildman–Crippen LogP) is 10.5. The molecule has 0 unspecified atom stereocenters. The largest absolute Gasteiger partial charge is 0.254 e. The first-order valence-electron chi connectivity index (χ1n) is 15.4. The molecule has 0 radical (unpaired) electrons. The summed E-state index contributed by atoms with van der Waals surface area (Å²) in [4.78, 5) is 19.2. The Balaban J connectivity index is 1.01. The second kappa shape index (κ2) is 10.7. The Bertz CT molecular complexity index is 2570. The molecule has 46 heavy (non-hydrogen) atoms. The molecule has 0 saturated heterocycles. The Morgan fingerprint density at radius 2 is 0.935 bits per heavy atom. The lowest BCUT2D eigenvalue weighted by Gasteiger charge is -2.10. The Morgan fingerprint density at radius 3 is 1.63 bits per heavy atom. The van der Waals surface area contributed by atoms with Crippen molar-refractivity contribution in [2.75, 3.05) is 0 Å². The zero-order valence-electron chi connectivity index (χ0n) is 24.8. The summed E-state index contributed by atoms with van der Waals surface area (Å²) in [7, 11) is 0. The molecule has 5 aromatic carbocycles. The summed E-state index contributed by atoms with van der Waals surface area (Å²) in [5, 5.41) is 4.43. The maximum absolute atomic E-state index is 5.03. The number of hydrogen-bond donors (Lipinski definition) is 0. The molecule has 9 aromatic rings. The van der Waals surface area contributed by atoms with Crippen LogP contribution in [0.2, 0.25) is 0 Å². The van der Waals surface area contributed by atoms with Gasteiger partial charge in [-0.3, -0.25) is 9.97 Å². The third-order valence-electron chi connectivity index (χ3n) is 8.76. The van der Waals surface area contributed by atoms with Gasteiger partial charge in [-0.25, -0.2) is 9.97 Å². The van der Waals surface area contributed by atoms with Gasteiger partial charge in [-0.2, -0.15) is 0 Å². The van der Waals surface area contributed by atoms with Crippen molar-refractivity contribution in [3.63, 3.8) is 0 Å². The smallest absolute Gasteiger partial charge is 0.0970 e. The third-order valence-corrected chi connectivity index (χ3v) is 8.76. The first kappa shape index (κ1) is 26.2. The van der Waals surface area contributed by atoms with E-state index in [1.807, 2.05) is 36.7 Å². The standard InChI is InChI=1S/C42H26N4/c1-2-5-28(6-3-1)37-20-15-33-25-31(13-18-39(33)45-37)32-14-19-40-34(26-32)16-21-38(46-40)29-10-8-27(9-11-29)35-22-24-44-42-36(35)17-12-30-7-4-23-43-41(30)42/h1-26H. The van der Waals surface area contributed by atoms with Crippen molar-refractivity contribution in [1.29, 1.82) is 0 Å². The van der Waals surface area contributed by atoms with E-state index in [9.17, 15) is 0 Å². The van der Waals surface area contributed by atoms with Crippen molar-refractivity contribution >= 4 is 43.6 Å². The predicted molar refractivity (Wildman–Crippen MR) is 189 cm³/mol. The van der Waals surface area contributed by atoms with Gasteiger partial charge in [0.25, 0.3) is 0 Å². The van der Waals surface area contributed by atoms with Gasteiger partial charge in [0.05, 0.1) is 33.5 Å². The Morgan fingerprint density at radius 1 is 0.348 bits per heavy atom. The Hall–Kier alpha value is -6.26. The van der Waals surface area contributed by atoms with Crippen molar-refractivity contribution < 1.29 is 0 Å². The fourth-order valence-corrected chi connectivity index (χ4v) is 6.37. The second-order valence-corrected chi connectivity index (χ2v) is 11.5. The summed E-state index contributed by atoms with van der Waals surface area (Å²) >= 11 is 0. The molecule has 0 aliphatic heterocycles. The minimum absolute atomic E-state index is 0.924. The molecule has 0 aliphatic rings. The van der Waals surface area contributed by atoms with Crippen LogP contribution in [0, 0.1) is 0 Å². The molecule has 0 spiro atoms. The first-order chi connectivity index (χ1) is 22.8. The van der Waals surface area contributed by atoms with Crippen LogP contribution >= 0.6 is 0 Å². The average molecular weight is 587 g/mol. The molecule has 0 aliphatic carbocycles. The van der Waals surface area contributed by atoms with E-state index in [1.54, 1.807) is 0 Å². The van der Waals surface area contributed by atoms with Crippen LogP contribution in [0.25, 0.3) is 88.4 Å². The van der Waals surface area contributed by atoms with Gasteiger partial charge >= 0.3 is 0 Å². The topological polar surface area (TPSA) is 51.6 Å². The van der Waals surface area contributed by atoms with E-state index in [1.165, 1.54) is 0 Å². The highest BCUT2D eigenvalue weighted by atomic mass is 14.7. The van der Waals surface area contributed by atoms with Crippen LogP contribution in [0.15, 0.2) is 158 Å². The normalized spacial score (nSPS) is 11.5. The van der Waals surface area contributed by atoms with Crippen LogP contribution in [-0.4, -0.2) is 19.9 Å². The number of nitrogens with zero attached hydrogens (tertiary/aromatic N) is 4. The van der Waals surface area contributed by atoms with Crippen LogP contribution in [0.3, 0.4) is 0 Å². The fraction of sp³-hybridized carbons (Fsp3) is 0. The van der Waals surface area contributed by atoms with Crippen LogP contribution < -0.4 is 0 Å². The summed E-state index contributed by atoms with van der Waals surface area (Å²) in [5.74, 6) is 0. The molecule has 4 aromatic heterocycles. The summed E-state index contributed by atoms with van der Waals surface area (Å²) < 4.78 is 0. The van der Waals surface area contributed by atoms with E-state index < -0.39 is 0 Å². The zero-order valence-corrected chi connectivity index (χ0v) is 24.8. The molecule has 4 nitrogen and oxygen atoms in total. The van der Waals surface area contributed by atoms with Gasteiger partial charge in [-0.15, -0.1) is 0 Å². The zero-order chi connectivity index (χ0) is 30.5. The molecule has 0 amide bonds. The van der Waals surface area contributed by atoms with Gasteiger partial charge in [0.2, 0.25) is 0 Å². The van der Waals surface area contributed by atoms with Gasteiger partial charge in [0.15, 0.2) is 0 Å². The maximum Gasteiger partial charge on any atom is 0.0970 e. The molecule has 0 N–H and O–H groups in total. The molecular formula is C42H26N4. The Kier molecular flexibility index (Phi) is 6.10. The van der Waals surface area contributed by atoms with Gasteiger partial charge in [-0.1, -0.05) is 97.1 Å². The van der Waals surface area contributed by atoms with Crippen molar-refractivity contribution in [2.24, 2.45) is 0 Å². The van der Waals surface area contributed by atoms with Crippen LogP contribution in [0.1, 0.15) is 0 Å². The van der Waals surface area contributed by atoms with Gasteiger partial charge in [0, 0.05) is 45.1 Å². The van der Waals surface area contributed by atoms with E-state index in [0.29, 0.717) is 0 Å². The summed E-state index contributed by atoms with van der Waals surface area (Å²) in [6.45, 7) is 0. The highest BCUT2D eigenvalue weighted by molar-refractivity contribution is 6.08. The van der Waals surface area contributed by atoms with Crippen LogP contribution in [0.4, 0.5) is 0 Å². The summed E-state index contributed by atoms with van der Waals surface area (Å²) in [6, 6.07) is 50.8. The SMILES string of the molecule is c1ccc(-c2ccc3cc(-c4ccc5nc(-c6ccc(-c7ccnc8c7ccc7cccnc78)cc6)ccc5c4)ccc3n2)cc1. The molecule has 214 valence electrons. The maximum atomic E-state index is 5.03. The van der Waals surface area contributed by atoms with Gasteiger partial charge in [-0.05, 0) is 70.8 Å². The minimum atomic E-state index is 0.924. The van der Waals surface area contributed by atoms with Crippen LogP contribution in [0.5, 0.6) is 0 Å². The summed E-state index contributed by atoms with van der Waals surface area (Å²) in [5.41, 5.74) is 12.6. The van der Waals surface area contributed by atoms with Crippen molar-refractivity contribution in [3.05, 3.63) is 158 Å². The average Bonchev–Trinajstić information content (AvgIpc) is 3.14. The lowest BCUT2D eigenvalue weighted by Crippen LogP contribution is -1.89. The lowest BCUT2D eigenvalue weighted by atomic mass is 9.98. The molecule has 4 heterocycles. The molecule has 0 bridgehead atoms. The molecule has 0 saturated carbocycles. The number of aromatic nitrogens is 4. The van der Waals surface area contributed by atoms with Crippen molar-refractivity contribution in [1.82, 2.24) is 19.9 Å². The quantitative estimate of drug-likeness (QED) is 0.193. The van der Waals surface area contributed by atoms with E-state index >= 15 is 0 Å². The highest BCUT2D eigenvalue weighted by Crippen LogP contribution is 2.33. The minimum Gasteiger partial charge on any atom is -0.254 e. The van der Waals surface area contributed by atoms with Crippen molar-refractivity contribution in [3.8, 4) is 44.8 Å². The van der Waals surface area contributed by atoms with Crippen molar-refractivity contribution in [2.45, 2.75) is 0 Å². The van der Waals surface area contributed by atoms with Crippen LogP contribution in [-0.2, 0) is 0 Å². The van der Waals surface area contributed by atoms with E-state index in [4.69, 9.17) is 9.97 Å². The molecule has 0 fully saturated rings. The number of benzene rings is 5. The monoisotopic (exact) mass is 586 g/mol. The number of rotatable bonds is 4. The van der Waals surface area contributed by atoms with E-state index in [-0.39, 0.29) is 0 Å². The highest BCUT2D eigenvalue weighted by Gasteiger charge is 2.10. The van der Waals surface area contributed by atoms with E-state index in [2.05, 4.69) is 131 Å². The number of fused-ring (bicyclic) bond motifs is 5. The fourth-order valence-electron chi connectivity index (χ4n) is 6.37. The number of hydrogen-bond acceptors (Lipinski definition) is 4. The van der Waals surface area contributed by atoms with E-state index in [0.717, 1.165) is 88.4 Å². The molecule has 4 heteroatoms. The second-order valence-electron chi connectivity index (χ2n) is 11.5. The third kappa shape index (κ3) is 4.56. The molecule has 0 atom stereocenters. The van der Waals surface area contributed by atoms with Gasteiger partial charge < -0.3 is 0 Å². The lowest BCUT2D eigenvalue weighted by molar-refractivity contribution is 1.37. The molecule has 9 rings (SSSR count). The summed E-state index contributed by atoms with van der Waals surface area (Å²) in [6.07, 6.45) is 3.69. The molecular weight excluding hydrogens is 560 g/mol.